The summed E-state index contributed by atoms with van der Waals surface area (Å²) in [6.07, 6.45) is 5.49. The molecule has 0 atom stereocenters. The van der Waals surface area contributed by atoms with E-state index in [1.165, 1.54) is 0 Å². The molecule has 6 nitrogen and oxygen atoms in total. The molecule has 1 aliphatic rings. The molecule has 0 saturated heterocycles. The molecule has 144 valence electrons. The Kier molecular flexibility index (Phi) is 6.39. The van der Waals surface area contributed by atoms with Crippen LogP contribution in [0.5, 0.6) is 0 Å². The summed E-state index contributed by atoms with van der Waals surface area (Å²) in [6, 6.07) is 5.37. The Labute approximate surface area is 169 Å². The van der Waals surface area contributed by atoms with Crippen molar-refractivity contribution in [3.63, 3.8) is 0 Å². The average molecular weight is 408 g/mol. The summed E-state index contributed by atoms with van der Waals surface area (Å²) in [5, 5.41) is 10.4. The zero-order valence-electron chi connectivity index (χ0n) is 15.4. The first kappa shape index (κ1) is 19.7. The van der Waals surface area contributed by atoms with Gasteiger partial charge < -0.3 is 16.0 Å². The van der Waals surface area contributed by atoms with Crippen LogP contribution in [-0.4, -0.2) is 35.0 Å². The second-order valence-corrected chi connectivity index (χ2v) is 7.58. The predicted octanol–water partition coefficient (Wildman–Crippen LogP) is 4.29. The van der Waals surface area contributed by atoms with Gasteiger partial charge in [-0.3, -0.25) is 4.79 Å². The van der Waals surface area contributed by atoms with Crippen molar-refractivity contribution in [3.05, 3.63) is 45.6 Å². The largest absolute Gasteiger partial charge is 0.373 e. The van der Waals surface area contributed by atoms with E-state index < -0.39 is 0 Å². The van der Waals surface area contributed by atoms with E-state index in [0.29, 0.717) is 27.6 Å². The van der Waals surface area contributed by atoms with Gasteiger partial charge in [0.1, 0.15) is 5.82 Å². The van der Waals surface area contributed by atoms with Crippen LogP contribution in [0.3, 0.4) is 0 Å². The van der Waals surface area contributed by atoms with Crippen molar-refractivity contribution < 1.29 is 4.79 Å². The summed E-state index contributed by atoms with van der Waals surface area (Å²) < 4.78 is 0. The van der Waals surface area contributed by atoms with Crippen molar-refractivity contribution in [2.75, 3.05) is 17.7 Å². The number of nitrogens with one attached hydrogen (secondary N) is 3. The van der Waals surface area contributed by atoms with E-state index in [4.69, 9.17) is 23.2 Å². The van der Waals surface area contributed by atoms with Crippen LogP contribution < -0.4 is 16.0 Å². The van der Waals surface area contributed by atoms with Crippen LogP contribution in [0.2, 0.25) is 10.0 Å². The highest BCUT2D eigenvalue weighted by molar-refractivity contribution is 6.42. The number of halogens is 2. The second kappa shape index (κ2) is 8.76. The van der Waals surface area contributed by atoms with E-state index in [2.05, 4.69) is 25.9 Å². The molecule has 0 unspecified atom stereocenters. The smallest absolute Gasteiger partial charge is 0.251 e. The lowest BCUT2D eigenvalue weighted by atomic mass is 9.91. The lowest BCUT2D eigenvalue weighted by Crippen LogP contribution is -2.40. The van der Waals surface area contributed by atoms with Gasteiger partial charge in [0.2, 0.25) is 5.95 Å². The minimum atomic E-state index is -0.120. The predicted molar refractivity (Wildman–Crippen MR) is 110 cm³/mol. The van der Waals surface area contributed by atoms with E-state index in [9.17, 15) is 4.79 Å². The van der Waals surface area contributed by atoms with Crippen LogP contribution in [0.25, 0.3) is 0 Å². The van der Waals surface area contributed by atoms with Crippen LogP contribution in [0.4, 0.5) is 11.8 Å². The number of amides is 1. The van der Waals surface area contributed by atoms with E-state index in [0.717, 1.165) is 37.1 Å². The summed E-state index contributed by atoms with van der Waals surface area (Å²) in [4.78, 5) is 21.2. The third-order valence-electron chi connectivity index (χ3n) is 4.79. The van der Waals surface area contributed by atoms with Gasteiger partial charge in [0, 0.05) is 36.5 Å². The molecular weight excluding hydrogens is 385 g/mol. The van der Waals surface area contributed by atoms with E-state index in [-0.39, 0.29) is 11.9 Å². The summed E-state index contributed by atoms with van der Waals surface area (Å²) >= 11 is 11.9. The van der Waals surface area contributed by atoms with Gasteiger partial charge in [-0.05, 0) is 50.8 Å². The fraction of sp³-hybridized carbons (Fsp3) is 0.421. The van der Waals surface area contributed by atoms with Gasteiger partial charge in [0.25, 0.3) is 5.91 Å². The summed E-state index contributed by atoms with van der Waals surface area (Å²) in [5.74, 6) is 1.34. The molecule has 1 aromatic heterocycles. The molecule has 1 fully saturated rings. The van der Waals surface area contributed by atoms with Gasteiger partial charge in [-0.1, -0.05) is 23.2 Å². The minimum Gasteiger partial charge on any atom is -0.373 e. The van der Waals surface area contributed by atoms with Crippen molar-refractivity contribution in [1.29, 1.82) is 0 Å². The van der Waals surface area contributed by atoms with Crippen molar-refractivity contribution in [3.8, 4) is 0 Å². The first-order chi connectivity index (χ1) is 13.0. The third-order valence-corrected chi connectivity index (χ3v) is 5.52. The number of hydrogen-bond donors (Lipinski definition) is 3. The van der Waals surface area contributed by atoms with Gasteiger partial charge in [-0.2, -0.15) is 4.98 Å². The first-order valence-corrected chi connectivity index (χ1v) is 9.75. The molecule has 0 bridgehead atoms. The van der Waals surface area contributed by atoms with Crippen molar-refractivity contribution in [1.82, 2.24) is 15.3 Å². The molecular formula is C19H23Cl2N5O. The quantitative estimate of drug-likeness (QED) is 0.688. The maximum atomic E-state index is 12.4. The number of aryl methyl sites for hydroxylation is 1. The first-order valence-electron chi connectivity index (χ1n) is 9.00. The number of rotatable bonds is 5. The molecule has 27 heavy (non-hydrogen) atoms. The minimum absolute atomic E-state index is 0.120. The molecule has 0 spiro atoms. The van der Waals surface area contributed by atoms with Crippen LogP contribution in [0.15, 0.2) is 24.4 Å². The Morgan fingerprint density at radius 3 is 2.48 bits per heavy atom. The van der Waals surface area contributed by atoms with E-state index in [1.807, 2.05) is 20.2 Å². The zero-order valence-corrected chi connectivity index (χ0v) is 16.9. The third kappa shape index (κ3) is 5.02. The highest BCUT2D eigenvalue weighted by Gasteiger charge is 2.23. The lowest BCUT2D eigenvalue weighted by molar-refractivity contribution is 0.0926. The lowest BCUT2D eigenvalue weighted by Gasteiger charge is -2.29. The average Bonchev–Trinajstić information content (AvgIpc) is 2.67. The van der Waals surface area contributed by atoms with Crippen LogP contribution in [0.1, 0.15) is 41.6 Å². The topological polar surface area (TPSA) is 78.9 Å². The Balaban J connectivity index is 1.51. The summed E-state index contributed by atoms with van der Waals surface area (Å²) in [5.41, 5.74) is 1.54. The molecule has 1 aliphatic carbocycles. The highest BCUT2D eigenvalue weighted by atomic mass is 35.5. The number of nitrogens with zero attached hydrogens (tertiary/aromatic N) is 2. The SMILES string of the molecule is CNc1nc(N[C@H]2CC[C@@H](NC(=O)c3ccc(Cl)c(Cl)c3)CC2)ncc1C. The number of carbonyl (C=O) groups is 1. The van der Waals surface area contributed by atoms with Crippen molar-refractivity contribution >= 4 is 40.9 Å². The molecule has 8 heteroatoms. The van der Waals surface area contributed by atoms with Gasteiger partial charge in [-0.25, -0.2) is 4.98 Å². The summed E-state index contributed by atoms with van der Waals surface area (Å²) in [7, 11) is 1.85. The maximum absolute atomic E-state index is 12.4. The summed E-state index contributed by atoms with van der Waals surface area (Å²) in [6.45, 7) is 1.97. The number of anilines is 2. The molecule has 3 N–H and O–H groups in total. The van der Waals surface area contributed by atoms with Crippen molar-refractivity contribution in [2.45, 2.75) is 44.7 Å². The van der Waals surface area contributed by atoms with Crippen molar-refractivity contribution in [2.24, 2.45) is 0 Å². The van der Waals surface area contributed by atoms with Crippen LogP contribution in [-0.2, 0) is 0 Å². The molecule has 3 rings (SSSR count). The Morgan fingerprint density at radius 1 is 1.11 bits per heavy atom. The van der Waals surface area contributed by atoms with Gasteiger partial charge >= 0.3 is 0 Å². The molecule has 0 radical (unpaired) electrons. The molecule has 2 aromatic rings. The Hall–Kier alpha value is -2.05. The van der Waals surface area contributed by atoms with Crippen LogP contribution >= 0.6 is 23.2 Å². The highest BCUT2D eigenvalue weighted by Crippen LogP contribution is 2.24. The fourth-order valence-corrected chi connectivity index (χ4v) is 3.53. The second-order valence-electron chi connectivity index (χ2n) is 6.77. The monoisotopic (exact) mass is 407 g/mol. The molecule has 1 amide bonds. The number of carbonyl (C=O) groups excluding carboxylic acids is 1. The molecule has 1 aromatic carbocycles. The molecule has 1 heterocycles. The number of aromatic nitrogens is 2. The molecule has 0 aliphatic heterocycles. The maximum Gasteiger partial charge on any atom is 0.251 e. The zero-order chi connectivity index (χ0) is 19.4. The van der Waals surface area contributed by atoms with E-state index in [1.54, 1.807) is 18.2 Å². The normalized spacial score (nSPS) is 19.4. The van der Waals surface area contributed by atoms with E-state index >= 15 is 0 Å². The standard InChI is InChI=1S/C19H23Cl2N5O/c1-11-10-23-19(26-17(11)22-2)25-14-6-4-13(5-7-14)24-18(27)12-3-8-15(20)16(21)9-12/h3,8-10,13-14H,4-7H2,1-2H3,(H,24,27)(H2,22,23,25,26)/t13-,14+. The van der Waals surface area contributed by atoms with Gasteiger partial charge in [0.05, 0.1) is 10.0 Å². The molecule has 1 saturated carbocycles. The fourth-order valence-electron chi connectivity index (χ4n) is 3.24. The number of benzene rings is 1. The van der Waals surface area contributed by atoms with Gasteiger partial charge in [0.15, 0.2) is 0 Å². The van der Waals surface area contributed by atoms with Gasteiger partial charge in [-0.15, -0.1) is 0 Å². The van der Waals surface area contributed by atoms with Crippen LogP contribution in [0, 0.1) is 6.92 Å². The number of hydrogen-bond acceptors (Lipinski definition) is 5. The Bertz CT molecular complexity index is 822. The Morgan fingerprint density at radius 2 is 1.81 bits per heavy atom.